The van der Waals surface area contributed by atoms with Gasteiger partial charge in [-0.05, 0) is 25.5 Å². The Hall–Kier alpha value is -1.51. The Balaban J connectivity index is 0.000000606. The second-order valence-electron chi connectivity index (χ2n) is 3.59. The van der Waals surface area contributed by atoms with Crippen molar-refractivity contribution >= 4 is 10.9 Å². The zero-order chi connectivity index (χ0) is 12.3. The Morgan fingerprint density at radius 2 is 1.88 bits per heavy atom. The SMILES string of the molecule is CC.COc1c(C)cc2cn(C)nc2c1C. The molecule has 0 spiro atoms. The minimum Gasteiger partial charge on any atom is -0.496 e. The molecule has 1 aromatic heterocycles. The fourth-order valence-corrected chi connectivity index (χ4v) is 1.92. The van der Waals surface area contributed by atoms with Gasteiger partial charge in [-0.15, -0.1) is 0 Å². The molecule has 0 radical (unpaired) electrons. The second kappa shape index (κ2) is 5.01. The number of hydrogen-bond donors (Lipinski definition) is 0. The largest absolute Gasteiger partial charge is 0.496 e. The number of ether oxygens (including phenoxy) is 1. The average molecular weight is 220 g/mol. The van der Waals surface area contributed by atoms with E-state index >= 15 is 0 Å². The van der Waals surface area contributed by atoms with E-state index in [0.29, 0.717) is 0 Å². The van der Waals surface area contributed by atoms with Gasteiger partial charge >= 0.3 is 0 Å². The van der Waals surface area contributed by atoms with Crippen LogP contribution in [0.3, 0.4) is 0 Å². The summed E-state index contributed by atoms with van der Waals surface area (Å²) in [5.74, 6) is 0.941. The van der Waals surface area contributed by atoms with E-state index in [1.54, 1.807) is 7.11 Å². The number of fused-ring (bicyclic) bond motifs is 1. The molecule has 2 rings (SSSR count). The molecule has 0 unspecified atom stereocenters. The zero-order valence-electron chi connectivity index (χ0n) is 11.0. The van der Waals surface area contributed by atoms with Crippen molar-refractivity contribution in [3.05, 3.63) is 23.4 Å². The summed E-state index contributed by atoms with van der Waals surface area (Å²) in [7, 11) is 3.63. The third-order valence-corrected chi connectivity index (χ3v) is 2.49. The second-order valence-corrected chi connectivity index (χ2v) is 3.59. The molecule has 0 amide bonds. The first-order valence-corrected chi connectivity index (χ1v) is 5.61. The third kappa shape index (κ3) is 2.03. The maximum atomic E-state index is 5.34. The fraction of sp³-hybridized carbons (Fsp3) is 0.462. The van der Waals surface area contributed by atoms with Crippen molar-refractivity contribution in [2.45, 2.75) is 27.7 Å². The lowest BCUT2D eigenvalue weighted by atomic mass is 10.1. The minimum absolute atomic E-state index is 0.941. The molecule has 0 aliphatic heterocycles. The number of aromatic nitrogens is 2. The molecule has 0 saturated heterocycles. The minimum atomic E-state index is 0.941. The van der Waals surface area contributed by atoms with Crippen LogP contribution in [0.1, 0.15) is 25.0 Å². The van der Waals surface area contributed by atoms with E-state index in [0.717, 1.165) is 22.4 Å². The van der Waals surface area contributed by atoms with E-state index < -0.39 is 0 Å². The first kappa shape index (κ1) is 12.6. The Morgan fingerprint density at radius 1 is 1.25 bits per heavy atom. The number of hydrogen-bond acceptors (Lipinski definition) is 2. The maximum Gasteiger partial charge on any atom is 0.126 e. The molecule has 88 valence electrons. The topological polar surface area (TPSA) is 27.1 Å². The van der Waals surface area contributed by atoms with Gasteiger partial charge in [0.2, 0.25) is 0 Å². The number of methoxy groups -OCH3 is 1. The molecular weight excluding hydrogens is 200 g/mol. The molecule has 3 heteroatoms. The molecular formula is C13H20N2O. The molecule has 0 saturated carbocycles. The highest BCUT2D eigenvalue weighted by Gasteiger charge is 2.10. The zero-order valence-corrected chi connectivity index (χ0v) is 11.0. The highest BCUT2D eigenvalue weighted by molar-refractivity contribution is 5.84. The highest BCUT2D eigenvalue weighted by atomic mass is 16.5. The van der Waals surface area contributed by atoms with Crippen LogP contribution in [-0.4, -0.2) is 16.9 Å². The van der Waals surface area contributed by atoms with Crippen LogP contribution in [0.5, 0.6) is 5.75 Å². The van der Waals surface area contributed by atoms with Crippen molar-refractivity contribution in [3.8, 4) is 5.75 Å². The van der Waals surface area contributed by atoms with Gasteiger partial charge < -0.3 is 4.74 Å². The summed E-state index contributed by atoms with van der Waals surface area (Å²) in [5.41, 5.74) is 3.29. The number of benzene rings is 1. The molecule has 0 aliphatic rings. The summed E-state index contributed by atoms with van der Waals surface area (Å²) in [4.78, 5) is 0. The van der Waals surface area contributed by atoms with Crippen LogP contribution < -0.4 is 4.74 Å². The predicted octanol–water partition coefficient (Wildman–Crippen LogP) is 3.22. The number of aryl methyl sites for hydroxylation is 3. The molecule has 0 N–H and O–H groups in total. The van der Waals surface area contributed by atoms with E-state index in [-0.39, 0.29) is 0 Å². The average Bonchev–Trinajstić information content (AvgIpc) is 2.63. The van der Waals surface area contributed by atoms with Crippen LogP contribution in [0.15, 0.2) is 12.3 Å². The van der Waals surface area contributed by atoms with Gasteiger partial charge in [-0.3, -0.25) is 4.68 Å². The summed E-state index contributed by atoms with van der Waals surface area (Å²) in [6, 6.07) is 2.11. The Labute approximate surface area is 97.0 Å². The summed E-state index contributed by atoms with van der Waals surface area (Å²) >= 11 is 0. The maximum absolute atomic E-state index is 5.34. The lowest BCUT2D eigenvalue weighted by molar-refractivity contribution is 0.409. The van der Waals surface area contributed by atoms with Crippen LogP contribution in [0.4, 0.5) is 0 Å². The highest BCUT2D eigenvalue weighted by Crippen LogP contribution is 2.29. The summed E-state index contributed by atoms with van der Waals surface area (Å²) in [5, 5.41) is 5.57. The Bertz CT molecular complexity index is 486. The van der Waals surface area contributed by atoms with Crippen molar-refractivity contribution in [2.75, 3.05) is 7.11 Å². The van der Waals surface area contributed by atoms with E-state index in [1.165, 1.54) is 5.39 Å². The third-order valence-electron chi connectivity index (χ3n) is 2.49. The van der Waals surface area contributed by atoms with Gasteiger partial charge in [-0.1, -0.05) is 13.8 Å². The lowest BCUT2D eigenvalue weighted by Crippen LogP contribution is -1.92. The van der Waals surface area contributed by atoms with Crippen molar-refractivity contribution in [2.24, 2.45) is 7.05 Å². The molecule has 0 bridgehead atoms. The van der Waals surface area contributed by atoms with Crippen molar-refractivity contribution in [3.63, 3.8) is 0 Å². The standard InChI is InChI=1S/C11H14N2O.C2H6/c1-7-5-9-6-13(3)12-10(9)8(2)11(7)14-4;1-2/h5-6H,1-4H3;1-2H3. The number of rotatable bonds is 1. The van der Waals surface area contributed by atoms with Crippen molar-refractivity contribution in [1.82, 2.24) is 9.78 Å². The van der Waals surface area contributed by atoms with E-state index in [1.807, 2.05) is 38.7 Å². The molecule has 0 aliphatic carbocycles. The van der Waals surface area contributed by atoms with Crippen LogP contribution in [-0.2, 0) is 7.05 Å². The fourth-order valence-electron chi connectivity index (χ4n) is 1.92. The van der Waals surface area contributed by atoms with Gasteiger partial charge in [0, 0.05) is 24.2 Å². The summed E-state index contributed by atoms with van der Waals surface area (Å²) in [6.45, 7) is 8.10. The molecule has 1 aromatic carbocycles. The van der Waals surface area contributed by atoms with Crippen molar-refractivity contribution in [1.29, 1.82) is 0 Å². The van der Waals surface area contributed by atoms with Crippen LogP contribution in [0, 0.1) is 13.8 Å². The smallest absolute Gasteiger partial charge is 0.126 e. The lowest BCUT2D eigenvalue weighted by Gasteiger charge is -2.07. The first-order chi connectivity index (χ1) is 7.63. The number of nitrogens with zero attached hydrogens (tertiary/aromatic N) is 2. The van der Waals surface area contributed by atoms with Gasteiger partial charge in [0.1, 0.15) is 5.75 Å². The van der Waals surface area contributed by atoms with Crippen LogP contribution >= 0.6 is 0 Å². The van der Waals surface area contributed by atoms with Crippen molar-refractivity contribution < 1.29 is 4.74 Å². The summed E-state index contributed by atoms with van der Waals surface area (Å²) in [6.07, 6.45) is 2.02. The van der Waals surface area contributed by atoms with Crippen LogP contribution in [0.2, 0.25) is 0 Å². The monoisotopic (exact) mass is 220 g/mol. The summed E-state index contributed by atoms with van der Waals surface area (Å²) < 4.78 is 7.17. The normalized spacial score (nSPS) is 9.88. The molecule has 2 aromatic rings. The Morgan fingerprint density at radius 3 is 2.44 bits per heavy atom. The van der Waals surface area contributed by atoms with Crippen LogP contribution in [0.25, 0.3) is 10.9 Å². The molecule has 3 nitrogen and oxygen atoms in total. The first-order valence-electron chi connectivity index (χ1n) is 5.61. The van der Waals surface area contributed by atoms with E-state index in [9.17, 15) is 0 Å². The molecule has 16 heavy (non-hydrogen) atoms. The quantitative estimate of drug-likeness (QED) is 0.737. The predicted molar refractivity (Wildman–Crippen MR) is 68.1 cm³/mol. The van der Waals surface area contributed by atoms with Gasteiger partial charge in [-0.25, -0.2) is 0 Å². The van der Waals surface area contributed by atoms with E-state index in [2.05, 4.69) is 18.1 Å². The van der Waals surface area contributed by atoms with Gasteiger partial charge in [0.25, 0.3) is 0 Å². The molecule has 0 atom stereocenters. The van der Waals surface area contributed by atoms with Gasteiger partial charge in [0.05, 0.1) is 12.6 Å². The Kier molecular flexibility index (Phi) is 3.93. The van der Waals surface area contributed by atoms with Gasteiger partial charge in [0.15, 0.2) is 0 Å². The van der Waals surface area contributed by atoms with E-state index in [4.69, 9.17) is 4.74 Å². The van der Waals surface area contributed by atoms with Gasteiger partial charge in [-0.2, -0.15) is 5.10 Å². The molecule has 0 fully saturated rings. The molecule has 1 heterocycles.